The van der Waals surface area contributed by atoms with Crippen molar-refractivity contribution in [3.05, 3.63) is 107 Å². The monoisotopic (exact) mass is 318 g/mol. The van der Waals surface area contributed by atoms with Gasteiger partial charge in [0, 0.05) is 0 Å². The molecule has 0 unspecified atom stereocenters. The Bertz CT molecular complexity index is 728. The molecule has 3 aromatic carbocycles. The van der Waals surface area contributed by atoms with E-state index in [1.807, 2.05) is 48.5 Å². The molecule has 0 N–H and O–H groups in total. The number of carbonyl (C=O) groups is 1. The van der Waals surface area contributed by atoms with E-state index in [2.05, 4.69) is 38.1 Å². The molecule has 0 atom stereocenters. The molecule has 24 heavy (non-hydrogen) atoms. The van der Waals surface area contributed by atoms with Gasteiger partial charge >= 0.3 is 5.97 Å². The van der Waals surface area contributed by atoms with Gasteiger partial charge < -0.3 is 4.74 Å². The molecule has 0 heterocycles. The van der Waals surface area contributed by atoms with Gasteiger partial charge in [0.25, 0.3) is 0 Å². The predicted molar refractivity (Wildman–Crippen MR) is 97.9 cm³/mol. The summed E-state index contributed by atoms with van der Waals surface area (Å²) in [6, 6.07) is 27.0. The first-order chi connectivity index (χ1) is 11.7. The van der Waals surface area contributed by atoms with Crippen LogP contribution in [-0.4, -0.2) is 5.97 Å². The Balaban J connectivity index is 0.000000219. The van der Waals surface area contributed by atoms with E-state index < -0.39 is 0 Å². The average Bonchev–Trinajstić information content (AvgIpc) is 2.64. The van der Waals surface area contributed by atoms with Crippen molar-refractivity contribution in [2.75, 3.05) is 0 Å². The van der Waals surface area contributed by atoms with Crippen LogP contribution in [0.4, 0.5) is 0 Å². The summed E-state index contributed by atoms with van der Waals surface area (Å²) in [5.41, 5.74) is 4.31. The molecule has 0 aliphatic heterocycles. The summed E-state index contributed by atoms with van der Waals surface area (Å²) >= 11 is 0. The minimum Gasteiger partial charge on any atom is -0.457 e. The highest BCUT2D eigenvalue weighted by Crippen LogP contribution is 2.05. The molecule has 3 aromatic rings. The molecule has 0 aliphatic rings. The van der Waals surface area contributed by atoms with Gasteiger partial charge in [-0.25, -0.2) is 4.79 Å². The van der Waals surface area contributed by atoms with Gasteiger partial charge in [0.1, 0.15) is 6.61 Å². The van der Waals surface area contributed by atoms with E-state index in [0.717, 1.165) is 5.56 Å². The molecule has 2 heteroatoms. The first kappa shape index (κ1) is 17.5. The molecule has 0 saturated carbocycles. The van der Waals surface area contributed by atoms with Gasteiger partial charge in [-0.2, -0.15) is 0 Å². The van der Waals surface area contributed by atoms with Crippen molar-refractivity contribution in [1.29, 1.82) is 0 Å². The van der Waals surface area contributed by atoms with E-state index in [1.165, 1.54) is 11.1 Å². The largest absolute Gasteiger partial charge is 0.457 e. The summed E-state index contributed by atoms with van der Waals surface area (Å²) in [4.78, 5) is 11.6. The smallest absolute Gasteiger partial charge is 0.338 e. The van der Waals surface area contributed by atoms with Crippen LogP contribution < -0.4 is 0 Å². The number of hydrogen-bond donors (Lipinski definition) is 0. The fourth-order valence-electron chi connectivity index (χ4n) is 2.04. The fraction of sp³-hybridized carbons (Fsp3) is 0.136. The summed E-state index contributed by atoms with van der Waals surface area (Å²) in [5, 5.41) is 0. The molecule has 0 fully saturated rings. The Labute approximate surface area is 143 Å². The quantitative estimate of drug-likeness (QED) is 0.609. The fourth-order valence-corrected chi connectivity index (χ4v) is 2.04. The maximum absolute atomic E-state index is 11.6. The van der Waals surface area contributed by atoms with Gasteiger partial charge in [-0.15, -0.1) is 0 Å². The van der Waals surface area contributed by atoms with Crippen LogP contribution in [0.2, 0.25) is 0 Å². The summed E-state index contributed by atoms with van der Waals surface area (Å²) in [5.74, 6) is -0.288. The maximum atomic E-state index is 11.6. The van der Waals surface area contributed by atoms with Crippen LogP contribution in [0.1, 0.15) is 27.0 Å². The molecular weight excluding hydrogens is 296 g/mol. The lowest BCUT2D eigenvalue weighted by atomic mass is 10.1. The minimum absolute atomic E-state index is 0.288. The van der Waals surface area contributed by atoms with Crippen LogP contribution in [0, 0.1) is 13.8 Å². The zero-order valence-corrected chi connectivity index (χ0v) is 14.1. The molecule has 0 bridgehead atoms. The summed E-state index contributed by atoms with van der Waals surface area (Å²) in [6.07, 6.45) is 0. The van der Waals surface area contributed by atoms with Gasteiger partial charge in [-0.3, -0.25) is 0 Å². The first-order valence-corrected chi connectivity index (χ1v) is 7.95. The Hall–Kier alpha value is -2.87. The van der Waals surface area contributed by atoms with Gasteiger partial charge in [-0.1, -0.05) is 72.8 Å². The second-order valence-electron chi connectivity index (χ2n) is 5.51. The highest BCUT2D eigenvalue weighted by atomic mass is 16.5. The Kier molecular flexibility index (Phi) is 6.78. The van der Waals surface area contributed by atoms with E-state index in [0.29, 0.717) is 12.2 Å². The van der Waals surface area contributed by atoms with Crippen molar-refractivity contribution in [3.8, 4) is 0 Å². The number of carbonyl (C=O) groups excluding carboxylic acids is 1. The first-order valence-electron chi connectivity index (χ1n) is 7.95. The van der Waals surface area contributed by atoms with Crippen molar-refractivity contribution in [1.82, 2.24) is 0 Å². The zero-order valence-electron chi connectivity index (χ0n) is 14.1. The molecule has 2 nitrogen and oxygen atoms in total. The lowest BCUT2D eigenvalue weighted by Crippen LogP contribution is -2.04. The van der Waals surface area contributed by atoms with E-state index in [9.17, 15) is 4.79 Å². The van der Waals surface area contributed by atoms with Crippen LogP contribution in [-0.2, 0) is 11.3 Å². The summed E-state index contributed by atoms with van der Waals surface area (Å²) in [7, 11) is 0. The van der Waals surface area contributed by atoms with Crippen molar-refractivity contribution in [2.45, 2.75) is 20.5 Å². The molecule has 0 spiro atoms. The normalized spacial score (nSPS) is 9.58. The summed E-state index contributed by atoms with van der Waals surface area (Å²) in [6.45, 7) is 4.55. The third kappa shape index (κ3) is 5.73. The molecule has 3 rings (SSSR count). The topological polar surface area (TPSA) is 26.3 Å². The van der Waals surface area contributed by atoms with Gasteiger partial charge in [0.05, 0.1) is 5.56 Å². The lowest BCUT2D eigenvalue weighted by Gasteiger charge is -2.04. The van der Waals surface area contributed by atoms with Crippen LogP contribution in [0.15, 0.2) is 84.9 Å². The highest BCUT2D eigenvalue weighted by Gasteiger charge is 2.05. The van der Waals surface area contributed by atoms with Crippen molar-refractivity contribution in [2.24, 2.45) is 0 Å². The molecular formula is C22H22O2. The van der Waals surface area contributed by atoms with E-state index in [1.54, 1.807) is 12.1 Å². The Morgan fingerprint density at radius 2 is 1.17 bits per heavy atom. The van der Waals surface area contributed by atoms with Crippen LogP contribution in [0.25, 0.3) is 0 Å². The third-order valence-corrected chi connectivity index (χ3v) is 3.65. The van der Waals surface area contributed by atoms with Gasteiger partial charge in [-0.05, 0) is 42.7 Å². The molecule has 122 valence electrons. The third-order valence-electron chi connectivity index (χ3n) is 3.65. The molecule has 0 amide bonds. The minimum atomic E-state index is -0.288. The Morgan fingerprint density at radius 1 is 0.708 bits per heavy atom. The van der Waals surface area contributed by atoms with Crippen LogP contribution in [0.3, 0.4) is 0 Å². The highest BCUT2D eigenvalue weighted by molar-refractivity contribution is 5.89. The Morgan fingerprint density at radius 3 is 1.67 bits per heavy atom. The van der Waals surface area contributed by atoms with Gasteiger partial charge in [0.15, 0.2) is 0 Å². The molecule has 0 aliphatic carbocycles. The second kappa shape index (κ2) is 9.31. The molecule has 0 radical (unpaired) electrons. The van der Waals surface area contributed by atoms with Crippen molar-refractivity contribution < 1.29 is 9.53 Å². The average molecular weight is 318 g/mol. The van der Waals surface area contributed by atoms with Crippen LogP contribution in [0.5, 0.6) is 0 Å². The van der Waals surface area contributed by atoms with E-state index in [4.69, 9.17) is 4.74 Å². The second-order valence-corrected chi connectivity index (χ2v) is 5.51. The number of aryl methyl sites for hydroxylation is 2. The number of ether oxygens (including phenoxy) is 1. The SMILES string of the molecule is Cc1ccccc1C.O=C(OCc1ccccc1)c1ccccc1. The van der Waals surface area contributed by atoms with Crippen LogP contribution >= 0.6 is 0 Å². The maximum Gasteiger partial charge on any atom is 0.338 e. The number of hydrogen-bond acceptors (Lipinski definition) is 2. The van der Waals surface area contributed by atoms with E-state index in [-0.39, 0.29) is 5.97 Å². The van der Waals surface area contributed by atoms with Crippen molar-refractivity contribution in [3.63, 3.8) is 0 Å². The standard InChI is InChI=1S/C14H12O2.C8H10/c15-14(13-9-5-2-6-10-13)16-11-12-7-3-1-4-8-12;1-7-5-3-4-6-8(7)2/h1-10H,11H2;3-6H,1-2H3. The zero-order chi connectivity index (χ0) is 17.2. The number of esters is 1. The lowest BCUT2D eigenvalue weighted by molar-refractivity contribution is 0.0472. The number of benzene rings is 3. The predicted octanol–water partition coefficient (Wildman–Crippen LogP) is 5.35. The van der Waals surface area contributed by atoms with E-state index >= 15 is 0 Å². The molecule has 0 saturated heterocycles. The summed E-state index contributed by atoms with van der Waals surface area (Å²) < 4.78 is 5.18. The van der Waals surface area contributed by atoms with Gasteiger partial charge in [0.2, 0.25) is 0 Å². The number of rotatable bonds is 3. The van der Waals surface area contributed by atoms with Crippen molar-refractivity contribution >= 4 is 5.97 Å². The molecule has 0 aromatic heterocycles.